The molecule has 0 amide bonds. The highest BCUT2D eigenvalue weighted by Gasteiger charge is 2.20. The summed E-state index contributed by atoms with van der Waals surface area (Å²) in [5.74, 6) is 0. The zero-order valence-electron chi connectivity index (χ0n) is 12.7. The van der Waals surface area contributed by atoms with E-state index in [4.69, 9.17) is 0 Å². The quantitative estimate of drug-likeness (QED) is 0.805. The largest absolute Gasteiger partial charge is 0.387 e. The van der Waals surface area contributed by atoms with Crippen LogP contribution in [0.15, 0.2) is 41.5 Å². The topological polar surface area (TPSA) is 55.1 Å². The molecule has 0 unspecified atom stereocenters. The molecule has 1 aromatic carbocycles. The van der Waals surface area contributed by atoms with Gasteiger partial charge < -0.3 is 5.11 Å². The lowest BCUT2D eigenvalue weighted by molar-refractivity contribution is 0.155. The molecule has 118 valence electrons. The maximum atomic E-state index is 12.8. The third-order valence-corrected chi connectivity index (χ3v) is 5.70. The molecule has 1 atom stereocenters. The van der Waals surface area contributed by atoms with Crippen LogP contribution in [0.2, 0.25) is 0 Å². The lowest BCUT2D eigenvalue weighted by Gasteiger charge is -2.13. The van der Waals surface area contributed by atoms with Gasteiger partial charge in [0.1, 0.15) is 4.83 Å². The van der Waals surface area contributed by atoms with Gasteiger partial charge in [0.25, 0.3) is 5.56 Å². The Kier molecular flexibility index (Phi) is 3.75. The summed E-state index contributed by atoms with van der Waals surface area (Å²) in [6, 6.07) is 9.42. The molecular formula is C18H18N2O2S. The predicted octanol–water partition coefficient (Wildman–Crippen LogP) is 3.07. The molecule has 0 fully saturated rings. The maximum absolute atomic E-state index is 12.8. The predicted molar refractivity (Wildman–Crippen MR) is 91.9 cm³/mol. The van der Waals surface area contributed by atoms with Crippen molar-refractivity contribution in [3.8, 4) is 0 Å². The molecule has 0 saturated heterocycles. The maximum Gasteiger partial charge on any atom is 0.262 e. The van der Waals surface area contributed by atoms with Crippen molar-refractivity contribution in [1.29, 1.82) is 0 Å². The van der Waals surface area contributed by atoms with Crippen LogP contribution in [0, 0.1) is 0 Å². The zero-order valence-corrected chi connectivity index (χ0v) is 13.6. The van der Waals surface area contributed by atoms with Crippen molar-refractivity contribution in [2.45, 2.75) is 38.3 Å². The van der Waals surface area contributed by atoms with Gasteiger partial charge in [0.05, 0.1) is 24.4 Å². The molecule has 0 radical (unpaired) electrons. The Morgan fingerprint density at radius 3 is 2.83 bits per heavy atom. The first-order valence-electron chi connectivity index (χ1n) is 7.97. The molecule has 4 rings (SSSR count). The van der Waals surface area contributed by atoms with Crippen LogP contribution in [0.5, 0.6) is 0 Å². The standard InChI is InChI=1S/C18H18N2O2S/c21-14(12-6-2-1-3-7-12)10-20-11-19-17-16(18(20)22)13-8-4-5-9-15(13)23-17/h1-3,6-7,11,14,21H,4-5,8-10H2/t14-/m0/s1. The van der Waals surface area contributed by atoms with Gasteiger partial charge in [-0.2, -0.15) is 0 Å². The van der Waals surface area contributed by atoms with Crippen molar-refractivity contribution in [1.82, 2.24) is 9.55 Å². The van der Waals surface area contributed by atoms with E-state index in [-0.39, 0.29) is 12.1 Å². The molecule has 2 aromatic heterocycles. The van der Waals surface area contributed by atoms with Crippen molar-refractivity contribution in [2.24, 2.45) is 0 Å². The van der Waals surface area contributed by atoms with Crippen LogP contribution in [0.25, 0.3) is 10.2 Å². The SMILES string of the molecule is O=c1c2c3c(sc2ncn1C[C@H](O)c1ccccc1)CCCC3. The summed E-state index contributed by atoms with van der Waals surface area (Å²) in [7, 11) is 0. The summed E-state index contributed by atoms with van der Waals surface area (Å²) in [6.45, 7) is 0.233. The van der Waals surface area contributed by atoms with E-state index in [2.05, 4.69) is 4.98 Å². The van der Waals surface area contributed by atoms with Gasteiger partial charge in [-0.15, -0.1) is 11.3 Å². The number of aliphatic hydroxyl groups excluding tert-OH is 1. The molecule has 3 aromatic rings. The smallest absolute Gasteiger partial charge is 0.262 e. The molecule has 1 aliphatic rings. The summed E-state index contributed by atoms with van der Waals surface area (Å²) in [5.41, 5.74) is 1.98. The monoisotopic (exact) mass is 326 g/mol. The number of aromatic nitrogens is 2. The highest BCUT2D eigenvalue weighted by molar-refractivity contribution is 7.18. The summed E-state index contributed by atoms with van der Waals surface area (Å²) >= 11 is 1.65. The van der Waals surface area contributed by atoms with E-state index in [1.54, 1.807) is 22.2 Å². The number of hydrogen-bond acceptors (Lipinski definition) is 4. The molecule has 1 N–H and O–H groups in total. The van der Waals surface area contributed by atoms with E-state index in [1.807, 2.05) is 30.3 Å². The van der Waals surface area contributed by atoms with Gasteiger partial charge in [0.15, 0.2) is 0 Å². The zero-order chi connectivity index (χ0) is 15.8. The average molecular weight is 326 g/mol. The number of fused-ring (bicyclic) bond motifs is 3. The normalized spacial score (nSPS) is 15.5. The summed E-state index contributed by atoms with van der Waals surface area (Å²) in [6.07, 6.45) is 5.22. The molecule has 0 aliphatic heterocycles. The second-order valence-electron chi connectivity index (χ2n) is 6.02. The van der Waals surface area contributed by atoms with Crippen molar-refractivity contribution < 1.29 is 5.11 Å². The van der Waals surface area contributed by atoms with Crippen LogP contribution in [0.3, 0.4) is 0 Å². The van der Waals surface area contributed by atoms with Crippen molar-refractivity contribution in [3.63, 3.8) is 0 Å². The fourth-order valence-electron chi connectivity index (χ4n) is 3.28. The van der Waals surface area contributed by atoms with E-state index in [0.717, 1.165) is 35.0 Å². The molecule has 0 saturated carbocycles. The van der Waals surface area contributed by atoms with Crippen LogP contribution in [-0.4, -0.2) is 14.7 Å². The molecule has 1 aliphatic carbocycles. The number of rotatable bonds is 3. The van der Waals surface area contributed by atoms with Crippen LogP contribution in [-0.2, 0) is 19.4 Å². The van der Waals surface area contributed by atoms with Gasteiger partial charge in [-0.05, 0) is 36.8 Å². The Morgan fingerprint density at radius 1 is 1.22 bits per heavy atom. The average Bonchev–Trinajstić information content (AvgIpc) is 2.97. The molecular weight excluding hydrogens is 308 g/mol. The van der Waals surface area contributed by atoms with Gasteiger partial charge in [-0.1, -0.05) is 30.3 Å². The summed E-state index contributed by atoms with van der Waals surface area (Å²) in [4.78, 5) is 19.5. The molecule has 4 nitrogen and oxygen atoms in total. The number of aryl methyl sites for hydroxylation is 2. The second-order valence-corrected chi connectivity index (χ2v) is 7.10. The third kappa shape index (κ3) is 2.60. The Bertz CT molecular complexity index is 899. The molecule has 5 heteroatoms. The van der Waals surface area contributed by atoms with Gasteiger partial charge in [0, 0.05) is 4.88 Å². The third-order valence-electron chi connectivity index (χ3n) is 4.50. The first-order chi connectivity index (χ1) is 11.2. The number of aliphatic hydroxyl groups is 1. The Labute approximate surface area is 138 Å². The fourth-order valence-corrected chi connectivity index (χ4v) is 4.50. The van der Waals surface area contributed by atoms with Crippen LogP contribution >= 0.6 is 11.3 Å². The van der Waals surface area contributed by atoms with Gasteiger partial charge in [-0.25, -0.2) is 4.98 Å². The minimum absolute atomic E-state index is 0.0237. The lowest BCUT2D eigenvalue weighted by Crippen LogP contribution is -2.24. The van der Waals surface area contributed by atoms with E-state index in [9.17, 15) is 9.90 Å². The van der Waals surface area contributed by atoms with Gasteiger partial charge in [0.2, 0.25) is 0 Å². The molecule has 23 heavy (non-hydrogen) atoms. The fraction of sp³-hybridized carbons (Fsp3) is 0.333. The van der Waals surface area contributed by atoms with Crippen LogP contribution in [0.4, 0.5) is 0 Å². The van der Waals surface area contributed by atoms with E-state index >= 15 is 0 Å². The Morgan fingerprint density at radius 2 is 2.00 bits per heavy atom. The second kappa shape index (κ2) is 5.91. The van der Waals surface area contributed by atoms with E-state index in [0.29, 0.717) is 0 Å². The number of nitrogens with zero attached hydrogens (tertiary/aromatic N) is 2. The minimum Gasteiger partial charge on any atom is -0.387 e. The minimum atomic E-state index is -0.706. The van der Waals surface area contributed by atoms with Gasteiger partial charge in [-0.3, -0.25) is 9.36 Å². The summed E-state index contributed by atoms with van der Waals surface area (Å²) in [5, 5.41) is 11.1. The van der Waals surface area contributed by atoms with E-state index in [1.165, 1.54) is 16.9 Å². The highest BCUT2D eigenvalue weighted by atomic mass is 32.1. The Balaban J connectivity index is 1.74. The lowest BCUT2D eigenvalue weighted by atomic mass is 9.97. The number of benzene rings is 1. The highest BCUT2D eigenvalue weighted by Crippen LogP contribution is 2.33. The van der Waals surface area contributed by atoms with Crippen molar-refractivity contribution in [3.05, 3.63) is 63.0 Å². The molecule has 2 heterocycles. The first-order valence-corrected chi connectivity index (χ1v) is 8.78. The molecule has 0 spiro atoms. The van der Waals surface area contributed by atoms with Crippen molar-refractivity contribution in [2.75, 3.05) is 0 Å². The van der Waals surface area contributed by atoms with Crippen molar-refractivity contribution >= 4 is 21.6 Å². The Hall–Kier alpha value is -1.98. The van der Waals surface area contributed by atoms with E-state index < -0.39 is 6.10 Å². The molecule has 0 bridgehead atoms. The van der Waals surface area contributed by atoms with Crippen LogP contribution in [0.1, 0.15) is 34.9 Å². The number of hydrogen-bond donors (Lipinski definition) is 1. The first kappa shape index (κ1) is 14.6. The van der Waals surface area contributed by atoms with Crippen LogP contribution < -0.4 is 5.56 Å². The van der Waals surface area contributed by atoms with Gasteiger partial charge >= 0.3 is 0 Å². The number of thiophene rings is 1. The summed E-state index contributed by atoms with van der Waals surface area (Å²) < 4.78 is 1.54.